The maximum Gasteiger partial charge on any atom is 0.216 e. The lowest BCUT2D eigenvalue weighted by atomic mass is 9.88. The van der Waals surface area contributed by atoms with E-state index in [1.54, 1.807) is 0 Å². The number of para-hydroxylation sites is 1. The van der Waals surface area contributed by atoms with Crippen molar-refractivity contribution in [3.8, 4) is 33.5 Å². The number of benzene rings is 4. The van der Waals surface area contributed by atoms with Gasteiger partial charge in [0.2, 0.25) is 5.69 Å². The Bertz CT molecular complexity index is 1880. The number of aryl methyl sites for hydroxylation is 2. The number of aromatic nitrogens is 1. The molecule has 2 nitrogen and oxygen atoms in total. The molecular weight excluding hydrogens is 462 g/mol. The third-order valence-corrected chi connectivity index (χ3v) is 7.08. The van der Waals surface area contributed by atoms with Crippen LogP contribution in [-0.2, 0) is 13.4 Å². The average Bonchev–Trinajstić information content (AvgIpc) is 3.32. The van der Waals surface area contributed by atoms with Gasteiger partial charge in [0.25, 0.3) is 0 Å². The molecule has 0 aliphatic heterocycles. The van der Waals surface area contributed by atoms with E-state index in [4.69, 9.17) is 7.16 Å². The first-order chi connectivity index (χ1) is 19.1. The summed E-state index contributed by atoms with van der Waals surface area (Å²) in [6.07, 6.45) is 0.457. The molecule has 0 N–H and O–H groups in total. The highest BCUT2D eigenvalue weighted by Crippen LogP contribution is 2.41. The zero-order valence-electron chi connectivity index (χ0n) is 24.7. The predicted molar refractivity (Wildman–Crippen MR) is 159 cm³/mol. The number of hydrogen-bond acceptors (Lipinski definition) is 1. The Morgan fingerprint density at radius 3 is 2.24 bits per heavy atom. The minimum atomic E-state index is -1.50. The number of pyridine rings is 1. The zero-order chi connectivity index (χ0) is 28.2. The van der Waals surface area contributed by atoms with Gasteiger partial charge in [-0.1, -0.05) is 99.6 Å². The molecule has 0 unspecified atom stereocenters. The van der Waals surface area contributed by atoms with Gasteiger partial charge < -0.3 is 4.42 Å². The van der Waals surface area contributed by atoms with E-state index in [1.165, 1.54) is 11.1 Å². The number of furan rings is 1. The average molecular weight is 499 g/mol. The molecule has 0 aliphatic rings. The van der Waals surface area contributed by atoms with Crippen LogP contribution in [0.1, 0.15) is 34.6 Å². The van der Waals surface area contributed by atoms with Crippen molar-refractivity contribution in [2.24, 2.45) is 12.5 Å². The molecular formula is C36H34NO+. The summed E-state index contributed by atoms with van der Waals surface area (Å²) in [5.41, 5.74) is 9.32. The molecule has 0 atom stereocenters. The van der Waals surface area contributed by atoms with Gasteiger partial charge in [-0.15, -0.1) is 0 Å². The summed E-state index contributed by atoms with van der Waals surface area (Å²) in [7, 11) is 2.01. The highest BCUT2D eigenvalue weighted by molar-refractivity contribution is 6.13. The van der Waals surface area contributed by atoms with Crippen LogP contribution in [0.15, 0.2) is 108 Å². The summed E-state index contributed by atoms with van der Waals surface area (Å²) in [5, 5.41) is 2.13. The van der Waals surface area contributed by atoms with Crippen molar-refractivity contribution in [2.75, 3.05) is 0 Å². The summed E-state index contributed by atoms with van der Waals surface area (Å²) in [5.74, 6) is 0. The van der Waals surface area contributed by atoms with Gasteiger partial charge in [0, 0.05) is 31.2 Å². The number of rotatable bonds is 4. The van der Waals surface area contributed by atoms with Gasteiger partial charge in [-0.05, 0) is 52.6 Å². The maximum atomic E-state index is 8.89. The molecule has 0 fully saturated rings. The van der Waals surface area contributed by atoms with E-state index in [2.05, 4.69) is 90.4 Å². The smallest absolute Gasteiger partial charge is 0.216 e. The van der Waals surface area contributed by atoms with Crippen molar-refractivity contribution >= 4 is 21.9 Å². The van der Waals surface area contributed by atoms with E-state index in [-0.39, 0.29) is 0 Å². The van der Waals surface area contributed by atoms with Crippen molar-refractivity contribution in [3.05, 3.63) is 114 Å². The molecule has 0 aliphatic carbocycles. The minimum absolute atomic E-state index is 0.548. The van der Waals surface area contributed by atoms with E-state index in [0.717, 1.165) is 49.9 Å². The standard InChI is InChI=1S/C36H34NO/c1-24-17-18-31-30-16-10-15-29(28-14-9-13-27(22-28)26-11-7-6-8-12-26)34(30)38-35(31)33(24)32-21-25(19-20-37(32)5)23-36(2,3)4/h6-22H,23H2,1-5H3/q+1/i23D2. The van der Waals surface area contributed by atoms with Crippen LogP contribution < -0.4 is 4.57 Å². The fraction of sp³-hybridized carbons (Fsp3) is 0.194. The van der Waals surface area contributed by atoms with Crippen molar-refractivity contribution in [1.82, 2.24) is 0 Å². The van der Waals surface area contributed by atoms with E-state index < -0.39 is 11.8 Å². The van der Waals surface area contributed by atoms with Gasteiger partial charge in [0.05, 0.1) is 5.56 Å². The molecule has 188 valence electrons. The van der Waals surface area contributed by atoms with E-state index in [0.29, 0.717) is 5.56 Å². The first-order valence-corrected chi connectivity index (χ1v) is 13.2. The third-order valence-electron chi connectivity index (χ3n) is 7.08. The number of nitrogens with zero attached hydrogens (tertiary/aromatic N) is 1. The maximum absolute atomic E-state index is 8.89. The molecule has 4 aromatic carbocycles. The molecule has 38 heavy (non-hydrogen) atoms. The van der Waals surface area contributed by atoms with Gasteiger partial charge >= 0.3 is 0 Å². The van der Waals surface area contributed by atoms with Gasteiger partial charge in [-0.3, -0.25) is 0 Å². The van der Waals surface area contributed by atoms with E-state index in [9.17, 15) is 0 Å². The molecule has 0 saturated carbocycles. The summed E-state index contributed by atoms with van der Waals surface area (Å²) in [6.45, 7) is 7.93. The molecule has 2 heteroatoms. The summed E-state index contributed by atoms with van der Waals surface area (Å²) in [6, 6.07) is 33.5. The Kier molecular flexibility index (Phi) is 5.35. The van der Waals surface area contributed by atoms with Gasteiger partial charge in [0.15, 0.2) is 6.20 Å². The van der Waals surface area contributed by atoms with E-state index in [1.807, 2.05) is 52.2 Å². The third kappa shape index (κ3) is 4.41. The van der Waals surface area contributed by atoms with E-state index >= 15 is 0 Å². The van der Waals surface area contributed by atoms with Crippen LogP contribution in [0.4, 0.5) is 0 Å². The molecule has 2 heterocycles. The number of hydrogen-bond donors (Lipinski definition) is 0. The Morgan fingerprint density at radius 1 is 0.737 bits per heavy atom. The first-order valence-electron chi connectivity index (χ1n) is 14.2. The molecule has 0 amide bonds. The van der Waals surface area contributed by atoms with Crippen LogP contribution in [0.5, 0.6) is 0 Å². The van der Waals surface area contributed by atoms with Crippen LogP contribution in [0.3, 0.4) is 0 Å². The summed E-state index contributed by atoms with van der Waals surface area (Å²) in [4.78, 5) is 0. The van der Waals surface area contributed by atoms with Crippen molar-refractivity contribution in [2.45, 2.75) is 34.1 Å². The monoisotopic (exact) mass is 498 g/mol. The molecule has 0 bridgehead atoms. The second kappa shape index (κ2) is 9.29. The van der Waals surface area contributed by atoms with Crippen LogP contribution in [0, 0.1) is 12.3 Å². The largest absolute Gasteiger partial charge is 0.454 e. The van der Waals surface area contributed by atoms with Crippen molar-refractivity contribution in [1.29, 1.82) is 0 Å². The fourth-order valence-electron chi connectivity index (χ4n) is 5.33. The van der Waals surface area contributed by atoms with Crippen LogP contribution in [0.2, 0.25) is 0 Å². The van der Waals surface area contributed by atoms with Gasteiger partial charge in [-0.25, -0.2) is 4.57 Å². The molecule has 0 radical (unpaired) electrons. The van der Waals surface area contributed by atoms with Gasteiger partial charge in [0.1, 0.15) is 18.2 Å². The molecule has 0 saturated heterocycles. The second-order valence-electron chi connectivity index (χ2n) is 11.2. The highest BCUT2D eigenvalue weighted by Gasteiger charge is 2.23. The summed E-state index contributed by atoms with van der Waals surface area (Å²) < 4.78 is 26.6. The van der Waals surface area contributed by atoms with Crippen molar-refractivity contribution < 1.29 is 11.7 Å². The fourth-order valence-corrected chi connectivity index (χ4v) is 5.33. The van der Waals surface area contributed by atoms with Crippen LogP contribution in [0.25, 0.3) is 55.4 Å². The van der Waals surface area contributed by atoms with Crippen LogP contribution >= 0.6 is 0 Å². The lowest BCUT2D eigenvalue weighted by Gasteiger charge is -2.18. The Labute approximate surface area is 228 Å². The van der Waals surface area contributed by atoms with Crippen molar-refractivity contribution in [3.63, 3.8) is 0 Å². The van der Waals surface area contributed by atoms with Gasteiger partial charge in [-0.2, -0.15) is 0 Å². The first kappa shape index (κ1) is 21.9. The Balaban J connectivity index is 1.57. The molecule has 6 rings (SSSR count). The molecule has 0 spiro atoms. The topological polar surface area (TPSA) is 17.0 Å². The normalized spacial score (nSPS) is 13.1. The summed E-state index contributed by atoms with van der Waals surface area (Å²) >= 11 is 0. The minimum Gasteiger partial charge on any atom is -0.454 e. The number of fused-ring (bicyclic) bond motifs is 3. The van der Waals surface area contributed by atoms with Crippen LogP contribution in [-0.4, -0.2) is 0 Å². The lowest BCUT2D eigenvalue weighted by molar-refractivity contribution is -0.660. The SMILES string of the molecule is [2H]C([2H])(c1cc[n+](C)c(-c2c(C)ccc3c2oc2c(-c4cccc(-c5ccccc5)c4)cccc23)c1)C(C)(C)C. The molecule has 2 aromatic heterocycles. The lowest BCUT2D eigenvalue weighted by Crippen LogP contribution is -2.31. The second-order valence-corrected chi connectivity index (χ2v) is 11.2. The molecule has 6 aromatic rings. The highest BCUT2D eigenvalue weighted by atomic mass is 16.3. The Hall–Kier alpha value is -4.17. The Morgan fingerprint density at radius 2 is 1.45 bits per heavy atom. The quantitative estimate of drug-likeness (QED) is 0.221. The zero-order valence-corrected chi connectivity index (χ0v) is 22.7. The predicted octanol–water partition coefficient (Wildman–Crippen LogP) is 9.31.